The lowest BCUT2D eigenvalue weighted by Crippen LogP contribution is -2.50. The molecule has 2 aliphatic heterocycles. The highest BCUT2D eigenvalue weighted by Gasteiger charge is 2.33. The lowest BCUT2D eigenvalue weighted by molar-refractivity contribution is -0.137. The highest BCUT2D eigenvalue weighted by atomic mass is 19.4. The van der Waals surface area contributed by atoms with Gasteiger partial charge in [-0.15, -0.1) is 0 Å². The van der Waals surface area contributed by atoms with Gasteiger partial charge in [-0.3, -0.25) is 19.4 Å². The monoisotopic (exact) mass is 453 g/mol. The fourth-order valence-corrected chi connectivity index (χ4v) is 4.63. The van der Waals surface area contributed by atoms with Crippen LogP contribution in [-0.4, -0.2) is 60.9 Å². The van der Waals surface area contributed by atoms with Crippen molar-refractivity contribution < 1.29 is 22.8 Å². The molecule has 0 N–H and O–H groups in total. The summed E-state index contributed by atoms with van der Waals surface area (Å²) < 4.78 is 39.0. The summed E-state index contributed by atoms with van der Waals surface area (Å²) in [4.78, 5) is 31.4. The zero-order chi connectivity index (χ0) is 23.2. The predicted molar refractivity (Wildman–Crippen MR) is 119 cm³/mol. The Balaban J connectivity index is 1.23. The quantitative estimate of drug-likeness (QED) is 0.554. The molecule has 2 aliphatic rings. The SMILES string of the molecule is O=C1c2cccc3cccc(c23)C(=O)N1CCN1CCN(c2cccc(C(F)(F)F)c2)CC1. The Hall–Kier alpha value is -3.39. The molecule has 0 aliphatic carbocycles. The highest BCUT2D eigenvalue weighted by Crippen LogP contribution is 2.32. The summed E-state index contributed by atoms with van der Waals surface area (Å²) in [6.45, 7) is 3.21. The molecule has 0 radical (unpaired) electrons. The molecule has 1 saturated heterocycles. The van der Waals surface area contributed by atoms with Crippen LogP contribution in [0.2, 0.25) is 0 Å². The molecule has 33 heavy (non-hydrogen) atoms. The average molecular weight is 453 g/mol. The minimum Gasteiger partial charge on any atom is -0.369 e. The van der Waals surface area contributed by atoms with E-state index in [1.54, 1.807) is 18.2 Å². The van der Waals surface area contributed by atoms with E-state index in [1.165, 1.54) is 17.0 Å². The number of piperazine rings is 1. The number of imide groups is 1. The number of benzene rings is 3. The summed E-state index contributed by atoms with van der Waals surface area (Å²) in [5.41, 5.74) is 0.976. The van der Waals surface area contributed by atoms with Crippen molar-refractivity contribution in [2.24, 2.45) is 0 Å². The molecule has 2 heterocycles. The smallest absolute Gasteiger partial charge is 0.369 e. The van der Waals surface area contributed by atoms with Crippen LogP contribution in [0.3, 0.4) is 0 Å². The summed E-state index contributed by atoms with van der Waals surface area (Å²) in [5.74, 6) is -0.571. The number of amides is 2. The van der Waals surface area contributed by atoms with Crippen molar-refractivity contribution in [1.29, 1.82) is 0 Å². The largest absolute Gasteiger partial charge is 0.416 e. The number of carbonyl (C=O) groups excluding carboxylic acids is 2. The normalized spacial score (nSPS) is 17.2. The van der Waals surface area contributed by atoms with Gasteiger partial charge in [0.15, 0.2) is 0 Å². The molecule has 1 fully saturated rings. The molecule has 2 amide bonds. The van der Waals surface area contributed by atoms with E-state index in [4.69, 9.17) is 0 Å². The number of carbonyl (C=O) groups is 2. The van der Waals surface area contributed by atoms with Crippen molar-refractivity contribution in [3.8, 4) is 0 Å². The van der Waals surface area contributed by atoms with E-state index in [9.17, 15) is 22.8 Å². The maximum Gasteiger partial charge on any atom is 0.416 e. The van der Waals surface area contributed by atoms with Crippen molar-refractivity contribution in [1.82, 2.24) is 9.80 Å². The van der Waals surface area contributed by atoms with E-state index in [2.05, 4.69) is 4.90 Å². The van der Waals surface area contributed by atoms with Gasteiger partial charge in [0.2, 0.25) is 0 Å². The first-order chi connectivity index (χ1) is 15.8. The molecule has 0 saturated carbocycles. The predicted octanol–water partition coefficient (Wildman–Crippen LogP) is 4.28. The maximum atomic E-state index is 13.0. The van der Waals surface area contributed by atoms with Crippen molar-refractivity contribution in [2.45, 2.75) is 6.18 Å². The third-order valence-corrected chi connectivity index (χ3v) is 6.41. The van der Waals surface area contributed by atoms with Crippen LogP contribution in [0, 0.1) is 0 Å². The lowest BCUT2D eigenvalue weighted by atomic mass is 9.94. The van der Waals surface area contributed by atoms with Gasteiger partial charge < -0.3 is 4.90 Å². The van der Waals surface area contributed by atoms with Crippen molar-refractivity contribution in [3.63, 3.8) is 0 Å². The van der Waals surface area contributed by atoms with Crippen molar-refractivity contribution in [2.75, 3.05) is 44.2 Å². The number of nitrogens with zero attached hydrogens (tertiary/aromatic N) is 3. The lowest BCUT2D eigenvalue weighted by Gasteiger charge is -2.37. The third-order valence-electron chi connectivity index (χ3n) is 6.41. The number of rotatable bonds is 4. The number of hydrogen-bond acceptors (Lipinski definition) is 4. The van der Waals surface area contributed by atoms with Gasteiger partial charge in [-0.25, -0.2) is 0 Å². The molecule has 0 spiro atoms. The van der Waals surface area contributed by atoms with E-state index in [0.717, 1.165) is 11.5 Å². The Kier molecular flexibility index (Phi) is 5.32. The summed E-state index contributed by atoms with van der Waals surface area (Å²) >= 11 is 0. The zero-order valence-corrected chi connectivity index (χ0v) is 17.8. The summed E-state index contributed by atoms with van der Waals surface area (Å²) in [5, 5.41) is 1.58. The minimum atomic E-state index is -4.37. The summed E-state index contributed by atoms with van der Waals surface area (Å²) in [7, 11) is 0. The second kappa shape index (κ2) is 8.19. The molecule has 8 heteroatoms. The van der Waals surface area contributed by atoms with Gasteiger partial charge in [-0.1, -0.05) is 30.3 Å². The first-order valence-corrected chi connectivity index (χ1v) is 10.9. The highest BCUT2D eigenvalue weighted by molar-refractivity contribution is 6.25. The van der Waals surface area contributed by atoms with Gasteiger partial charge in [0.25, 0.3) is 11.8 Å². The van der Waals surface area contributed by atoms with Crippen LogP contribution in [0.1, 0.15) is 26.3 Å². The molecular weight excluding hydrogens is 431 g/mol. The molecule has 0 atom stereocenters. The first kappa shape index (κ1) is 21.5. The molecule has 3 aromatic rings. The molecule has 170 valence electrons. The summed E-state index contributed by atoms with van der Waals surface area (Å²) in [6, 6.07) is 16.3. The van der Waals surface area contributed by atoms with Crippen molar-refractivity contribution >= 4 is 28.3 Å². The second-order valence-electron chi connectivity index (χ2n) is 8.35. The van der Waals surface area contributed by atoms with Crippen LogP contribution in [0.15, 0.2) is 60.7 Å². The Morgan fingerprint density at radius 3 is 1.97 bits per heavy atom. The third kappa shape index (κ3) is 3.95. The van der Waals surface area contributed by atoms with Gasteiger partial charge in [0, 0.05) is 61.5 Å². The van der Waals surface area contributed by atoms with Gasteiger partial charge in [0.1, 0.15) is 0 Å². The van der Waals surface area contributed by atoms with E-state index in [1.807, 2.05) is 29.2 Å². The zero-order valence-electron chi connectivity index (χ0n) is 17.8. The number of alkyl halides is 3. The minimum absolute atomic E-state index is 0.270. The van der Waals surface area contributed by atoms with E-state index in [0.29, 0.717) is 54.9 Å². The fourth-order valence-electron chi connectivity index (χ4n) is 4.63. The Bertz CT molecular complexity index is 1180. The van der Waals surface area contributed by atoms with Gasteiger partial charge in [-0.2, -0.15) is 13.2 Å². The van der Waals surface area contributed by atoms with Gasteiger partial charge >= 0.3 is 6.18 Å². The molecule has 3 aromatic carbocycles. The molecule has 0 unspecified atom stereocenters. The Labute approximate surface area is 189 Å². The number of anilines is 1. The standard InChI is InChI=1S/C25H22F3N3O2/c26-25(27,28)18-6-3-7-19(16-18)30-13-10-29(11-14-30)12-15-31-23(32)20-8-1-4-17-5-2-9-21(22(17)20)24(31)33/h1-9,16H,10-15H2. The molecule has 0 aromatic heterocycles. The van der Waals surface area contributed by atoms with Crippen LogP contribution in [0.25, 0.3) is 10.8 Å². The topological polar surface area (TPSA) is 43.9 Å². The Morgan fingerprint density at radius 2 is 1.36 bits per heavy atom. The van der Waals surface area contributed by atoms with Crippen LogP contribution in [-0.2, 0) is 6.18 Å². The van der Waals surface area contributed by atoms with Crippen molar-refractivity contribution in [3.05, 3.63) is 77.4 Å². The number of hydrogen-bond donors (Lipinski definition) is 0. The van der Waals surface area contributed by atoms with E-state index < -0.39 is 11.7 Å². The average Bonchev–Trinajstić information content (AvgIpc) is 2.82. The van der Waals surface area contributed by atoms with E-state index >= 15 is 0 Å². The molecule has 0 bridgehead atoms. The van der Waals surface area contributed by atoms with Gasteiger partial charge in [0.05, 0.1) is 5.56 Å². The summed E-state index contributed by atoms with van der Waals surface area (Å²) in [6.07, 6.45) is -4.37. The van der Waals surface area contributed by atoms with Crippen LogP contribution >= 0.6 is 0 Å². The Morgan fingerprint density at radius 1 is 0.758 bits per heavy atom. The van der Waals surface area contributed by atoms with Crippen LogP contribution in [0.5, 0.6) is 0 Å². The fraction of sp³-hybridized carbons (Fsp3) is 0.280. The maximum absolute atomic E-state index is 13.0. The second-order valence-corrected chi connectivity index (χ2v) is 8.35. The van der Waals surface area contributed by atoms with Crippen LogP contribution < -0.4 is 4.90 Å². The van der Waals surface area contributed by atoms with E-state index in [-0.39, 0.29) is 18.4 Å². The van der Waals surface area contributed by atoms with Gasteiger partial charge in [-0.05, 0) is 35.7 Å². The molecule has 5 nitrogen and oxygen atoms in total. The number of halogens is 3. The first-order valence-electron chi connectivity index (χ1n) is 10.9. The molecule has 5 rings (SSSR count). The molecular formula is C25H22F3N3O2. The van der Waals surface area contributed by atoms with Crippen LogP contribution in [0.4, 0.5) is 18.9 Å².